The third-order valence-corrected chi connectivity index (χ3v) is 3.58. The number of hydrogen-bond donors (Lipinski definition) is 4. The van der Waals surface area contributed by atoms with Crippen LogP contribution < -0.4 is 5.73 Å². The highest BCUT2D eigenvalue weighted by molar-refractivity contribution is 7.80. The predicted molar refractivity (Wildman–Crippen MR) is 110 cm³/mol. The van der Waals surface area contributed by atoms with Crippen molar-refractivity contribution in [2.75, 3.05) is 5.73 Å². The summed E-state index contributed by atoms with van der Waals surface area (Å²) in [6.45, 7) is 2.06. The summed E-state index contributed by atoms with van der Waals surface area (Å²) < 4.78 is 0. The Balaban J connectivity index is 0.000000173. The second-order valence-corrected chi connectivity index (χ2v) is 6.31. The van der Waals surface area contributed by atoms with E-state index in [0.29, 0.717) is 0 Å². The molecule has 0 unspecified atom stereocenters. The Morgan fingerprint density at radius 3 is 1.26 bits per heavy atom. The first-order valence-corrected chi connectivity index (χ1v) is 8.35. The van der Waals surface area contributed by atoms with Crippen LogP contribution in [-0.2, 0) is 0 Å². The molecule has 120 valence electrons. The maximum atomic E-state index is 5.39. The van der Waals surface area contributed by atoms with Crippen LogP contribution in [0.4, 0.5) is 5.69 Å². The fourth-order valence-electron chi connectivity index (χ4n) is 1.45. The molecule has 0 saturated carbocycles. The molecule has 0 amide bonds. The van der Waals surface area contributed by atoms with E-state index in [1.165, 1.54) is 5.56 Å². The summed E-state index contributed by atoms with van der Waals surface area (Å²) in [5.41, 5.74) is 7.45. The van der Waals surface area contributed by atoms with Crippen LogP contribution in [0, 0.1) is 6.92 Å². The molecule has 23 heavy (non-hydrogen) atoms. The lowest BCUT2D eigenvalue weighted by molar-refractivity contribution is 1.39. The van der Waals surface area contributed by atoms with Crippen molar-refractivity contribution in [3.63, 3.8) is 0 Å². The number of hydrogen-bond acceptors (Lipinski definition) is 4. The van der Waals surface area contributed by atoms with Gasteiger partial charge in [-0.15, -0.1) is 37.9 Å². The van der Waals surface area contributed by atoms with Crippen LogP contribution in [-0.4, -0.2) is 0 Å². The Morgan fingerprint density at radius 1 is 0.565 bits per heavy atom. The highest BCUT2D eigenvalue weighted by Gasteiger charge is 1.81. The molecule has 0 aliphatic rings. The minimum atomic E-state index is 0.780. The summed E-state index contributed by atoms with van der Waals surface area (Å²) in [4.78, 5) is 2.98. The predicted octanol–water partition coefficient (Wildman–Crippen LogP) is 5.82. The van der Waals surface area contributed by atoms with E-state index in [1.807, 2.05) is 78.9 Å². The lowest BCUT2D eigenvalue weighted by Crippen LogP contribution is -1.80. The first kappa shape index (κ1) is 19.6. The third kappa shape index (κ3) is 10.00. The maximum Gasteiger partial charge on any atom is 0.0314 e. The van der Waals surface area contributed by atoms with Crippen LogP contribution in [0.3, 0.4) is 0 Å². The molecular formula is C19H21NS3. The van der Waals surface area contributed by atoms with Crippen LogP contribution in [0.25, 0.3) is 0 Å². The van der Waals surface area contributed by atoms with Crippen molar-refractivity contribution in [3.8, 4) is 0 Å². The molecule has 3 aromatic rings. The first-order valence-electron chi connectivity index (χ1n) is 7.01. The van der Waals surface area contributed by atoms with Gasteiger partial charge in [-0.2, -0.15) is 0 Å². The molecule has 0 radical (unpaired) electrons. The number of anilines is 1. The Bertz CT molecular complexity index is 580. The van der Waals surface area contributed by atoms with E-state index in [2.05, 4.69) is 44.8 Å². The minimum absolute atomic E-state index is 0.780. The van der Waals surface area contributed by atoms with Gasteiger partial charge in [-0.25, -0.2) is 0 Å². The second kappa shape index (κ2) is 11.1. The standard InChI is InChI=1S/C7H8S.C6H7NS.C6H6S/c1-6-2-4-7(8)5-3-6;7-5-1-3-6(8)4-2-5;7-6-4-2-1-3-5-6/h2-5,8H,1H3;1-4,8H,7H2;1-5,7H. The monoisotopic (exact) mass is 359 g/mol. The average molecular weight is 360 g/mol. The van der Waals surface area contributed by atoms with Crippen LogP contribution in [0.1, 0.15) is 5.56 Å². The summed E-state index contributed by atoms with van der Waals surface area (Å²) in [6, 6.07) is 25.2. The van der Waals surface area contributed by atoms with Gasteiger partial charge in [-0.05, 0) is 55.5 Å². The largest absolute Gasteiger partial charge is 0.399 e. The summed E-state index contributed by atoms with van der Waals surface area (Å²) in [6.07, 6.45) is 0. The summed E-state index contributed by atoms with van der Waals surface area (Å²) in [5, 5.41) is 0. The van der Waals surface area contributed by atoms with Gasteiger partial charge in [-0.1, -0.05) is 35.9 Å². The van der Waals surface area contributed by atoms with Gasteiger partial charge in [0.25, 0.3) is 0 Å². The smallest absolute Gasteiger partial charge is 0.0314 e. The number of nitrogen functional groups attached to an aromatic ring is 1. The topological polar surface area (TPSA) is 26.0 Å². The zero-order valence-electron chi connectivity index (χ0n) is 12.9. The van der Waals surface area contributed by atoms with Crippen LogP contribution in [0.2, 0.25) is 0 Å². The molecule has 0 saturated heterocycles. The highest BCUT2D eigenvalue weighted by atomic mass is 32.1. The third-order valence-electron chi connectivity index (χ3n) is 2.68. The fraction of sp³-hybridized carbons (Fsp3) is 0.0526. The lowest BCUT2D eigenvalue weighted by Gasteiger charge is -1.89. The van der Waals surface area contributed by atoms with Crippen LogP contribution in [0.5, 0.6) is 0 Å². The molecule has 0 aromatic heterocycles. The van der Waals surface area contributed by atoms with E-state index in [1.54, 1.807) is 0 Å². The van der Waals surface area contributed by atoms with Gasteiger partial charge < -0.3 is 5.73 Å². The number of benzene rings is 3. The van der Waals surface area contributed by atoms with Gasteiger partial charge in [-0.3, -0.25) is 0 Å². The van der Waals surface area contributed by atoms with Crippen molar-refractivity contribution in [1.29, 1.82) is 0 Å². The molecule has 1 nitrogen and oxygen atoms in total. The molecule has 3 aromatic carbocycles. The van der Waals surface area contributed by atoms with E-state index in [9.17, 15) is 0 Å². The molecule has 0 heterocycles. The zero-order chi connectivity index (χ0) is 17.1. The summed E-state index contributed by atoms with van der Waals surface area (Å²) >= 11 is 12.3. The Morgan fingerprint density at radius 2 is 0.957 bits per heavy atom. The number of aryl methyl sites for hydroxylation is 1. The Kier molecular flexibility index (Phi) is 9.45. The van der Waals surface area contributed by atoms with Gasteiger partial charge in [0.2, 0.25) is 0 Å². The van der Waals surface area contributed by atoms with Crippen molar-refractivity contribution in [3.05, 3.63) is 84.4 Å². The van der Waals surface area contributed by atoms with Crippen molar-refractivity contribution < 1.29 is 0 Å². The van der Waals surface area contributed by atoms with Gasteiger partial charge in [0.1, 0.15) is 0 Å². The molecule has 0 atom stereocenters. The van der Waals surface area contributed by atoms with Gasteiger partial charge in [0.05, 0.1) is 0 Å². The van der Waals surface area contributed by atoms with Gasteiger partial charge in [0, 0.05) is 20.4 Å². The van der Waals surface area contributed by atoms with E-state index in [0.717, 1.165) is 20.4 Å². The van der Waals surface area contributed by atoms with Crippen LogP contribution >= 0.6 is 37.9 Å². The summed E-state index contributed by atoms with van der Waals surface area (Å²) in [5.74, 6) is 0. The minimum Gasteiger partial charge on any atom is -0.399 e. The summed E-state index contributed by atoms with van der Waals surface area (Å²) in [7, 11) is 0. The number of rotatable bonds is 0. The Labute approximate surface area is 155 Å². The van der Waals surface area contributed by atoms with E-state index in [4.69, 9.17) is 5.73 Å². The molecule has 0 aliphatic heterocycles. The SMILES string of the molecule is Cc1ccc(S)cc1.Nc1ccc(S)cc1.Sc1ccccc1. The lowest BCUT2D eigenvalue weighted by atomic mass is 10.2. The van der Waals surface area contributed by atoms with Gasteiger partial charge >= 0.3 is 0 Å². The first-order chi connectivity index (χ1) is 11.0. The van der Waals surface area contributed by atoms with E-state index in [-0.39, 0.29) is 0 Å². The van der Waals surface area contributed by atoms with Crippen molar-refractivity contribution in [2.45, 2.75) is 21.6 Å². The molecule has 0 fully saturated rings. The van der Waals surface area contributed by atoms with E-state index < -0.39 is 0 Å². The molecule has 0 spiro atoms. The normalized spacial score (nSPS) is 9.04. The average Bonchev–Trinajstić information content (AvgIpc) is 2.55. The van der Waals surface area contributed by atoms with Crippen LogP contribution in [0.15, 0.2) is 93.5 Å². The van der Waals surface area contributed by atoms with Crippen molar-refractivity contribution in [2.24, 2.45) is 0 Å². The number of thiol groups is 3. The molecular weight excluding hydrogens is 338 g/mol. The zero-order valence-corrected chi connectivity index (χ0v) is 15.6. The maximum absolute atomic E-state index is 5.39. The fourth-order valence-corrected chi connectivity index (χ4v) is 1.92. The number of nitrogens with two attached hydrogens (primary N) is 1. The molecule has 4 heteroatoms. The molecule has 0 bridgehead atoms. The highest BCUT2D eigenvalue weighted by Crippen LogP contribution is 2.07. The van der Waals surface area contributed by atoms with Crippen molar-refractivity contribution >= 4 is 43.6 Å². The molecule has 2 N–H and O–H groups in total. The Hall–Kier alpha value is -1.49. The quantitative estimate of drug-likeness (QED) is 0.295. The molecule has 3 rings (SSSR count). The van der Waals surface area contributed by atoms with E-state index >= 15 is 0 Å². The molecule has 0 aliphatic carbocycles. The van der Waals surface area contributed by atoms with Gasteiger partial charge in [0.15, 0.2) is 0 Å². The second-order valence-electron chi connectivity index (χ2n) is 4.76. The van der Waals surface area contributed by atoms with Crippen molar-refractivity contribution in [1.82, 2.24) is 0 Å².